The van der Waals surface area contributed by atoms with Crippen molar-refractivity contribution >= 4 is 6.21 Å². The Hall–Kier alpha value is -1.38. The number of piperidine rings is 1. The van der Waals surface area contributed by atoms with Gasteiger partial charge in [0.15, 0.2) is 12.3 Å². The van der Waals surface area contributed by atoms with E-state index in [1.807, 2.05) is 10.8 Å². The van der Waals surface area contributed by atoms with Gasteiger partial charge in [0.25, 0.3) is 5.56 Å². The molecule has 0 radical (unpaired) electrons. The van der Waals surface area contributed by atoms with Crippen molar-refractivity contribution in [2.24, 2.45) is 0 Å². The lowest BCUT2D eigenvalue weighted by molar-refractivity contribution is -0.574. The Morgan fingerprint density at radius 2 is 2.24 bits per heavy atom. The van der Waals surface area contributed by atoms with Gasteiger partial charge in [-0.15, -0.1) is 0 Å². The van der Waals surface area contributed by atoms with Gasteiger partial charge >= 0.3 is 0 Å². The summed E-state index contributed by atoms with van der Waals surface area (Å²) in [7, 11) is 0. The number of nitrogens with zero attached hydrogens (tertiary/aromatic N) is 2. The van der Waals surface area contributed by atoms with E-state index in [9.17, 15) is 4.79 Å². The molecule has 0 bridgehead atoms. The molecule has 0 aromatic carbocycles. The number of hydrogen-bond acceptors (Lipinski definition) is 1. The Kier molecular flexibility index (Phi) is 2.42. The van der Waals surface area contributed by atoms with Crippen LogP contribution in [0, 0.1) is 0 Å². The Labute approximate surface area is 101 Å². The molecule has 1 aromatic rings. The average Bonchev–Trinajstić information content (AvgIpc) is 2.69. The van der Waals surface area contributed by atoms with Gasteiger partial charge in [0, 0.05) is 30.6 Å². The average molecular weight is 231 g/mol. The molecule has 1 atom stereocenters. The minimum atomic E-state index is 0.173. The first-order valence-electron chi connectivity index (χ1n) is 6.54. The predicted molar refractivity (Wildman–Crippen MR) is 68.0 cm³/mol. The first-order valence-corrected chi connectivity index (χ1v) is 6.54. The highest BCUT2D eigenvalue weighted by molar-refractivity contribution is 5.79. The van der Waals surface area contributed by atoms with Crippen molar-refractivity contribution < 1.29 is 4.58 Å². The highest BCUT2D eigenvalue weighted by Gasteiger charge is 2.35. The van der Waals surface area contributed by atoms with Gasteiger partial charge in [-0.2, -0.15) is 0 Å². The van der Waals surface area contributed by atoms with E-state index in [1.54, 1.807) is 0 Å². The number of rotatable bonds is 1. The van der Waals surface area contributed by atoms with Crippen molar-refractivity contribution in [3.63, 3.8) is 0 Å². The van der Waals surface area contributed by atoms with Gasteiger partial charge in [-0.3, -0.25) is 4.79 Å². The van der Waals surface area contributed by atoms with Crippen molar-refractivity contribution in [3.05, 3.63) is 33.7 Å². The van der Waals surface area contributed by atoms with Crippen LogP contribution in [0.2, 0.25) is 0 Å². The van der Waals surface area contributed by atoms with Gasteiger partial charge < -0.3 is 4.57 Å². The molecule has 1 saturated heterocycles. The Bertz CT molecular complexity index is 540. The van der Waals surface area contributed by atoms with Crippen LogP contribution in [0.15, 0.2) is 17.1 Å². The molecule has 3 heteroatoms. The molecule has 0 spiro atoms. The Balaban J connectivity index is 2.14. The van der Waals surface area contributed by atoms with Crippen LogP contribution in [-0.2, 0) is 0 Å². The van der Waals surface area contributed by atoms with Crippen LogP contribution < -0.4 is 5.56 Å². The Morgan fingerprint density at radius 1 is 1.41 bits per heavy atom. The minimum Gasteiger partial charge on any atom is -0.312 e. The van der Waals surface area contributed by atoms with E-state index >= 15 is 0 Å². The van der Waals surface area contributed by atoms with Gasteiger partial charge in [0.05, 0.1) is 0 Å². The summed E-state index contributed by atoms with van der Waals surface area (Å²) in [6.07, 6.45) is 7.76. The van der Waals surface area contributed by atoms with Crippen LogP contribution in [0.25, 0.3) is 0 Å². The summed E-state index contributed by atoms with van der Waals surface area (Å²) in [5.41, 5.74) is 2.34. The van der Waals surface area contributed by atoms with Crippen LogP contribution >= 0.6 is 0 Å². The third kappa shape index (κ3) is 1.56. The quantitative estimate of drug-likeness (QED) is 0.679. The zero-order valence-corrected chi connectivity index (χ0v) is 10.5. The van der Waals surface area contributed by atoms with E-state index in [2.05, 4.69) is 30.7 Å². The predicted octanol–water partition coefficient (Wildman–Crippen LogP) is 2.10. The van der Waals surface area contributed by atoms with Gasteiger partial charge in [0.2, 0.25) is 0 Å². The maximum atomic E-state index is 12.4. The zero-order chi connectivity index (χ0) is 12.0. The van der Waals surface area contributed by atoms with E-state index in [-0.39, 0.29) is 11.6 Å². The SMILES string of the molecule is CC(C)n1ccc2c(c1=O)C=[N+]1CCCCC21. The van der Waals surface area contributed by atoms with Crippen molar-refractivity contribution in [2.75, 3.05) is 6.54 Å². The van der Waals surface area contributed by atoms with E-state index < -0.39 is 0 Å². The van der Waals surface area contributed by atoms with Crippen LogP contribution in [0.5, 0.6) is 0 Å². The van der Waals surface area contributed by atoms with Crippen molar-refractivity contribution in [3.8, 4) is 0 Å². The molecule has 3 rings (SSSR count). The fourth-order valence-electron chi connectivity index (χ4n) is 3.02. The minimum absolute atomic E-state index is 0.173. The first-order chi connectivity index (χ1) is 8.18. The normalized spacial score (nSPS) is 22.3. The third-order valence-corrected chi connectivity index (χ3v) is 3.95. The summed E-state index contributed by atoms with van der Waals surface area (Å²) in [4.78, 5) is 12.4. The maximum absolute atomic E-state index is 12.4. The monoisotopic (exact) mass is 231 g/mol. The largest absolute Gasteiger partial charge is 0.312 e. The summed E-state index contributed by atoms with van der Waals surface area (Å²) in [5, 5.41) is 0. The number of hydrogen-bond donors (Lipinski definition) is 0. The molecular weight excluding hydrogens is 212 g/mol. The van der Waals surface area contributed by atoms with E-state index in [1.165, 1.54) is 24.8 Å². The lowest BCUT2D eigenvalue weighted by Crippen LogP contribution is -2.25. The molecule has 1 aromatic heterocycles. The van der Waals surface area contributed by atoms with Gasteiger partial charge in [-0.25, -0.2) is 4.58 Å². The lowest BCUT2D eigenvalue weighted by Gasteiger charge is -2.17. The van der Waals surface area contributed by atoms with Crippen molar-refractivity contribution in [2.45, 2.75) is 45.2 Å². The fourth-order valence-corrected chi connectivity index (χ4v) is 3.02. The lowest BCUT2D eigenvalue weighted by atomic mass is 9.98. The number of fused-ring (bicyclic) bond motifs is 3. The van der Waals surface area contributed by atoms with Crippen LogP contribution in [-0.4, -0.2) is 21.9 Å². The highest BCUT2D eigenvalue weighted by Crippen LogP contribution is 2.32. The summed E-state index contributed by atoms with van der Waals surface area (Å²) >= 11 is 0. The summed E-state index contributed by atoms with van der Waals surface area (Å²) in [5.74, 6) is 0. The molecule has 0 saturated carbocycles. The van der Waals surface area contributed by atoms with E-state index in [0.29, 0.717) is 6.04 Å². The van der Waals surface area contributed by atoms with Gasteiger partial charge in [-0.1, -0.05) is 0 Å². The molecule has 0 aliphatic carbocycles. The van der Waals surface area contributed by atoms with Crippen LogP contribution in [0.3, 0.4) is 0 Å². The molecule has 90 valence electrons. The molecule has 1 unspecified atom stereocenters. The summed E-state index contributed by atoms with van der Waals surface area (Å²) in [6.45, 7) is 5.20. The third-order valence-electron chi connectivity index (χ3n) is 3.95. The van der Waals surface area contributed by atoms with Crippen LogP contribution in [0.1, 0.15) is 56.3 Å². The fraction of sp³-hybridized carbons (Fsp3) is 0.571. The van der Waals surface area contributed by atoms with Crippen molar-refractivity contribution in [1.29, 1.82) is 0 Å². The van der Waals surface area contributed by atoms with E-state index in [0.717, 1.165) is 12.1 Å². The van der Waals surface area contributed by atoms with Gasteiger partial charge in [0.1, 0.15) is 12.1 Å². The topological polar surface area (TPSA) is 25.0 Å². The van der Waals surface area contributed by atoms with Crippen molar-refractivity contribution in [1.82, 2.24) is 4.57 Å². The first kappa shape index (κ1) is 10.8. The molecule has 3 nitrogen and oxygen atoms in total. The molecule has 0 amide bonds. The molecule has 2 aliphatic rings. The summed E-state index contributed by atoms with van der Waals surface area (Å²) in [6, 6.07) is 2.84. The molecule has 1 fully saturated rings. The second-order valence-electron chi connectivity index (χ2n) is 5.37. The van der Waals surface area contributed by atoms with Crippen LogP contribution in [0.4, 0.5) is 0 Å². The molecule has 0 N–H and O–H groups in total. The van der Waals surface area contributed by atoms with E-state index in [4.69, 9.17) is 0 Å². The molecule has 3 heterocycles. The Morgan fingerprint density at radius 3 is 3.00 bits per heavy atom. The molecule has 2 aliphatic heterocycles. The second-order valence-corrected chi connectivity index (χ2v) is 5.37. The zero-order valence-electron chi connectivity index (χ0n) is 10.5. The summed E-state index contributed by atoms with van der Waals surface area (Å²) < 4.78 is 4.17. The molecular formula is C14H19N2O+. The number of pyridine rings is 1. The standard InChI is InChI=1S/C14H19N2O/c1-10(2)16-8-6-11-12(14(16)17)9-15-7-4-3-5-13(11)15/h6,8-10,13H,3-5,7H2,1-2H3/q+1. The second kappa shape index (κ2) is 3.83. The number of aromatic nitrogens is 1. The molecule has 17 heavy (non-hydrogen) atoms. The smallest absolute Gasteiger partial charge is 0.264 e. The highest BCUT2D eigenvalue weighted by atomic mass is 16.1. The maximum Gasteiger partial charge on any atom is 0.264 e. The van der Waals surface area contributed by atoms with Gasteiger partial charge in [-0.05, 0) is 26.3 Å².